The van der Waals surface area contributed by atoms with Crippen molar-refractivity contribution in [2.24, 2.45) is 11.3 Å². The average molecular weight is 354 g/mol. The fourth-order valence-electron chi connectivity index (χ4n) is 3.28. The molecule has 1 aliphatic heterocycles. The molecule has 6 heteroatoms. The van der Waals surface area contributed by atoms with Crippen molar-refractivity contribution in [3.8, 4) is 17.2 Å². The summed E-state index contributed by atoms with van der Waals surface area (Å²) in [5.41, 5.74) is 2.36. The number of benzene rings is 1. The van der Waals surface area contributed by atoms with Crippen LogP contribution in [-0.4, -0.2) is 15.7 Å². The molecule has 1 aliphatic rings. The fourth-order valence-corrected chi connectivity index (χ4v) is 3.28. The van der Waals surface area contributed by atoms with Gasteiger partial charge in [-0.25, -0.2) is 4.39 Å². The number of anilines is 1. The van der Waals surface area contributed by atoms with Crippen LogP contribution in [0.5, 0.6) is 0 Å². The zero-order chi connectivity index (χ0) is 18.9. The number of fused-ring (bicyclic) bond motifs is 1. The maximum Gasteiger partial charge on any atom is 0.226 e. The van der Waals surface area contributed by atoms with Gasteiger partial charge >= 0.3 is 0 Å². The third-order valence-electron chi connectivity index (χ3n) is 4.45. The predicted molar refractivity (Wildman–Crippen MR) is 97.7 cm³/mol. The van der Waals surface area contributed by atoms with E-state index in [1.807, 2.05) is 25.5 Å². The van der Waals surface area contributed by atoms with Gasteiger partial charge < -0.3 is 5.32 Å². The SMILES string of the molecule is CC(C)(C)CC(=O)Nc1nn2c(c1-c1ccc(F)cc1)CC(C#N)CC2. The van der Waals surface area contributed by atoms with Crippen LogP contribution in [0.4, 0.5) is 10.2 Å². The molecule has 2 heterocycles. The standard InChI is InChI=1S/C20H23FN4O/c1-20(2,3)11-17(26)23-19-18(14-4-6-15(21)7-5-14)16-10-13(12-22)8-9-25(16)24-19/h4-7,13H,8-11H2,1-3H3,(H,23,24,26). The highest BCUT2D eigenvalue weighted by molar-refractivity contribution is 5.95. The lowest BCUT2D eigenvalue weighted by atomic mass is 9.91. The second-order valence-electron chi connectivity index (χ2n) is 8.00. The summed E-state index contributed by atoms with van der Waals surface area (Å²) < 4.78 is 15.2. The van der Waals surface area contributed by atoms with Crippen molar-refractivity contribution in [3.63, 3.8) is 0 Å². The smallest absolute Gasteiger partial charge is 0.226 e. The summed E-state index contributed by atoms with van der Waals surface area (Å²) in [6.07, 6.45) is 1.69. The monoisotopic (exact) mass is 354 g/mol. The van der Waals surface area contributed by atoms with Crippen LogP contribution in [0, 0.1) is 28.5 Å². The first kappa shape index (κ1) is 18.1. The first-order valence-electron chi connectivity index (χ1n) is 8.82. The number of nitrogens with zero attached hydrogens (tertiary/aromatic N) is 3. The van der Waals surface area contributed by atoms with Gasteiger partial charge in [-0.3, -0.25) is 9.48 Å². The van der Waals surface area contributed by atoms with Gasteiger partial charge in [0.1, 0.15) is 5.82 Å². The number of nitriles is 1. The topological polar surface area (TPSA) is 70.7 Å². The molecule has 0 spiro atoms. The van der Waals surface area contributed by atoms with Crippen LogP contribution in [-0.2, 0) is 17.8 Å². The molecule has 0 saturated carbocycles. The molecule has 0 aliphatic carbocycles. The minimum Gasteiger partial charge on any atom is -0.309 e. The summed E-state index contributed by atoms with van der Waals surface area (Å²) in [5.74, 6) is -0.00730. The van der Waals surface area contributed by atoms with E-state index in [1.165, 1.54) is 12.1 Å². The fraction of sp³-hybridized carbons (Fsp3) is 0.450. The second kappa shape index (κ2) is 6.91. The molecule has 1 N–H and O–H groups in total. The minimum atomic E-state index is -0.317. The largest absolute Gasteiger partial charge is 0.309 e. The van der Waals surface area contributed by atoms with Crippen LogP contribution in [0.25, 0.3) is 11.1 Å². The molecule has 5 nitrogen and oxygen atoms in total. The number of amides is 1. The molecule has 0 fully saturated rings. The Kier molecular flexibility index (Phi) is 4.82. The third kappa shape index (κ3) is 3.93. The third-order valence-corrected chi connectivity index (χ3v) is 4.45. The zero-order valence-corrected chi connectivity index (χ0v) is 15.3. The highest BCUT2D eigenvalue weighted by Gasteiger charge is 2.27. The van der Waals surface area contributed by atoms with Crippen molar-refractivity contribution in [2.45, 2.75) is 46.6 Å². The quantitative estimate of drug-likeness (QED) is 0.900. The van der Waals surface area contributed by atoms with Crippen molar-refractivity contribution < 1.29 is 9.18 Å². The van der Waals surface area contributed by atoms with Crippen LogP contribution in [0.2, 0.25) is 0 Å². The van der Waals surface area contributed by atoms with Gasteiger partial charge in [-0.1, -0.05) is 32.9 Å². The van der Waals surface area contributed by atoms with Crippen LogP contribution in [0.1, 0.15) is 39.3 Å². The number of halogens is 1. The zero-order valence-electron chi connectivity index (χ0n) is 15.3. The van der Waals surface area contributed by atoms with Gasteiger partial charge in [0, 0.05) is 30.6 Å². The Labute approximate surface area is 152 Å². The molecule has 1 atom stereocenters. The highest BCUT2D eigenvalue weighted by Crippen LogP contribution is 2.36. The molecule has 26 heavy (non-hydrogen) atoms. The second-order valence-corrected chi connectivity index (χ2v) is 8.00. The highest BCUT2D eigenvalue weighted by atomic mass is 19.1. The van der Waals surface area contributed by atoms with E-state index in [-0.39, 0.29) is 23.1 Å². The van der Waals surface area contributed by atoms with E-state index in [9.17, 15) is 14.4 Å². The molecular weight excluding hydrogens is 331 g/mol. The predicted octanol–water partition coefficient (Wildman–Crippen LogP) is 4.15. The van der Waals surface area contributed by atoms with E-state index in [1.54, 1.807) is 12.1 Å². The van der Waals surface area contributed by atoms with Crippen molar-refractivity contribution in [2.75, 3.05) is 5.32 Å². The lowest BCUT2D eigenvalue weighted by Crippen LogP contribution is -2.20. The average Bonchev–Trinajstić information content (AvgIpc) is 2.90. The number of rotatable bonds is 3. The van der Waals surface area contributed by atoms with Gasteiger partial charge in [0.15, 0.2) is 5.82 Å². The lowest BCUT2D eigenvalue weighted by Gasteiger charge is -2.19. The summed E-state index contributed by atoms with van der Waals surface area (Å²) in [5, 5.41) is 16.8. The molecule has 1 aromatic carbocycles. The van der Waals surface area contributed by atoms with Crippen molar-refractivity contribution in [1.29, 1.82) is 5.26 Å². The van der Waals surface area contributed by atoms with Crippen molar-refractivity contribution in [3.05, 3.63) is 35.8 Å². The Morgan fingerprint density at radius 3 is 2.69 bits per heavy atom. The van der Waals surface area contributed by atoms with Gasteiger partial charge in [0.25, 0.3) is 0 Å². The van der Waals surface area contributed by atoms with Crippen LogP contribution in [0.15, 0.2) is 24.3 Å². The molecular formula is C20H23FN4O. The molecule has 2 aromatic rings. The Bertz CT molecular complexity index is 856. The van der Waals surface area contributed by atoms with Crippen molar-refractivity contribution in [1.82, 2.24) is 9.78 Å². The molecule has 0 radical (unpaired) electrons. The Hall–Kier alpha value is -2.68. The number of carbonyl (C=O) groups is 1. The first-order chi connectivity index (χ1) is 12.3. The lowest BCUT2D eigenvalue weighted by molar-refractivity contribution is -0.117. The maximum atomic E-state index is 13.3. The Morgan fingerprint density at radius 2 is 2.08 bits per heavy atom. The molecule has 1 unspecified atom stereocenters. The van der Waals surface area contributed by atoms with Gasteiger partial charge in [-0.05, 0) is 29.5 Å². The van der Waals surface area contributed by atoms with Gasteiger partial charge in [-0.15, -0.1) is 0 Å². The summed E-state index contributed by atoms with van der Waals surface area (Å²) in [6, 6.07) is 8.48. The molecule has 1 amide bonds. The summed E-state index contributed by atoms with van der Waals surface area (Å²) >= 11 is 0. The molecule has 0 saturated heterocycles. The van der Waals surface area contributed by atoms with Crippen LogP contribution >= 0.6 is 0 Å². The van der Waals surface area contributed by atoms with Gasteiger partial charge in [0.05, 0.1) is 12.0 Å². The number of hydrogen-bond acceptors (Lipinski definition) is 3. The molecule has 136 valence electrons. The number of nitrogens with one attached hydrogen (secondary N) is 1. The van der Waals surface area contributed by atoms with Gasteiger partial charge in [-0.2, -0.15) is 10.4 Å². The number of carbonyl (C=O) groups excluding carboxylic acids is 1. The summed E-state index contributed by atoms with van der Waals surface area (Å²) in [7, 11) is 0. The minimum absolute atomic E-state index is 0.0727. The van der Waals surface area contributed by atoms with E-state index in [0.29, 0.717) is 25.2 Å². The normalized spacial score (nSPS) is 16.7. The number of hydrogen-bond donors (Lipinski definition) is 1. The van der Waals surface area contributed by atoms with Crippen molar-refractivity contribution >= 4 is 11.7 Å². The Balaban J connectivity index is 2.01. The molecule has 3 rings (SSSR count). The molecule has 1 aromatic heterocycles. The van der Waals surface area contributed by atoms with E-state index in [2.05, 4.69) is 16.5 Å². The first-order valence-corrected chi connectivity index (χ1v) is 8.82. The summed E-state index contributed by atoms with van der Waals surface area (Å²) in [6.45, 7) is 6.65. The Morgan fingerprint density at radius 1 is 1.38 bits per heavy atom. The van der Waals surface area contributed by atoms with Crippen LogP contribution in [0.3, 0.4) is 0 Å². The van der Waals surface area contributed by atoms with E-state index in [0.717, 1.165) is 23.2 Å². The number of aromatic nitrogens is 2. The van der Waals surface area contributed by atoms with Gasteiger partial charge in [0.2, 0.25) is 5.91 Å². The van der Waals surface area contributed by atoms with E-state index < -0.39 is 0 Å². The van der Waals surface area contributed by atoms with Crippen LogP contribution < -0.4 is 5.32 Å². The van der Waals surface area contributed by atoms with E-state index >= 15 is 0 Å². The summed E-state index contributed by atoms with van der Waals surface area (Å²) in [4.78, 5) is 12.4. The molecule has 0 bridgehead atoms. The maximum absolute atomic E-state index is 13.3. The number of aryl methyl sites for hydroxylation is 1. The van der Waals surface area contributed by atoms with E-state index in [4.69, 9.17) is 0 Å².